The largest absolute Gasteiger partial charge is 0.384 e. The van der Waals surface area contributed by atoms with Crippen LogP contribution in [0.25, 0.3) is 0 Å². The van der Waals surface area contributed by atoms with E-state index in [1.807, 2.05) is 11.8 Å². The van der Waals surface area contributed by atoms with Crippen molar-refractivity contribution in [3.63, 3.8) is 0 Å². The minimum atomic E-state index is -1.05. The Kier molecular flexibility index (Phi) is 10.4. The van der Waals surface area contributed by atoms with Crippen LogP contribution in [-0.2, 0) is 20.0 Å². The third-order valence-electron chi connectivity index (χ3n) is 12.8. The molecule has 1 aromatic carbocycles. The summed E-state index contributed by atoms with van der Waals surface area (Å²) in [7, 11) is 0. The molecule has 0 bridgehead atoms. The van der Waals surface area contributed by atoms with Crippen molar-refractivity contribution in [2.75, 3.05) is 22.9 Å². The molecule has 5 heterocycles. The summed E-state index contributed by atoms with van der Waals surface area (Å²) < 4.78 is 1.78. The van der Waals surface area contributed by atoms with Crippen LogP contribution < -0.4 is 27.2 Å². The van der Waals surface area contributed by atoms with Gasteiger partial charge in [0.1, 0.15) is 41.0 Å². The highest BCUT2D eigenvalue weighted by atomic mass is 16.2. The number of benzene rings is 1. The van der Waals surface area contributed by atoms with Gasteiger partial charge in [0.2, 0.25) is 17.7 Å². The molecule has 2 aromatic heterocycles. The summed E-state index contributed by atoms with van der Waals surface area (Å²) in [6, 6.07) is 6.75. The lowest BCUT2D eigenvalue weighted by atomic mass is 9.78. The molecule has 6 amide bonds. The molecule has 2 saturated carbocycles. The maximum absolute atomic E-state index is 14.2. The summed E-state index contributed by atoms with van der Waals surface area (Å²) in [5, 5.41) is 8.13. The average molecular weight is 792 g/mol. The molecule has 58 heavy (non-hydrogen) atoms. The first-order valence-corrected chi connectivity index (χ1v) is 20.5. The van der Waals surface area contributed by atoms with Gasteiger partial charge in [0.05, 0.1) is 11.1 Å². The third kappa shape index (κ3) is 7.24. The number of hydrogen-bond acceptors (Lipinski definition) is 11. The number of carbonyl (C=O) groups is 6. The number of nitrogens with one attached hydrogen (secondary N) is 3. The number of nitrogens with two attached hydrogens (primary N) is 1. The Morgan fingerprint density at radius 2 is 1.53 bits per heavy atom. The summed E-state index contributed by atoms with van der Waals surface area (Å²) in [5.74, 6) is -1.90. The highest BCUT2D eigenvalue weighted by molar-refractivity contribution is 6.24. The molecule has 1 unspecified atom stereocenters. The Bertz CT molecular complexity index is 2270. The number of amides is 6. The van der Waals surface area contributed by atoms with Gasteiger partial charge in [-0.1, -0.05) is 32.1 Å². The summed E-state index contributed by atoms with van der Waals surface area (Å²) >= 11 is 0. The molecule has 0 radical (unpaired) electrons. The standard InChI is InChI=1S/C42H49N9O7/c1-25-21-29(47-32-23-31(43)44-24-45-32)39(57)51-35(25)40(58)49(42(51)18-16-41(14-15-41)17-19-42)20-8-6-4-2-3-5-7-9-33(52)46-26-10-11-27-28(22-26)38(56)50(37(27)55)30-12-13-34(53)48-36(30)54/h10-11,21-24,30H,2-9,12-20H2,1H3,(H,46,52)(H,48,53,54)(H3,43,44,45,47). The zero-order valence-corrected chi connectivity index (χ0v) is 32.7. The van der Waals surface area contributed by atoms with E-state index in [2.05, 4.69) is 25.9 Å². The van der Waals surface area contributed by atoms with Crippen LogP contribution in [0.4, 0.5) is 23.0 Å². The lowest BCUT2D eigenvalue weighted by molar-refractivity contribution is -0.136. The molecule has 3 aliphatic heterocycles. The van der Waals surface area contributed by atoms with Gasteiger partial charge in [0.25, 0.3) is 23.3 Å². The van der Waals surface area contributed by atoms with Crippen molar-refractivity contribution in [1.29, 1.82) is 0 Å². The van der Waals surface area contributed by atoms with Crippen LogP contribution in [0.3, 0.4) is 0 Å². The van der Waals surface area contributed by atoms with E-state index in [0.717, 1.165) is 74.7 Å². The summed E-state index contributed by atoms with van der Waals surface area (Å²) in [4.78, 5) is 102. The number of carbonyl (C=O) groups excluding carboxylic acids is 6. The van der Waals surface area contributed by atoms with E-state index in [1.54, 1.807) is 22.8 Å². The molecule has 5 aliphatic rings. The van der Waals surface area contributed by atoms with Crippen molar-refractivity contribution in [3.8, 4) is 0 Å². The average Bonchev–Trinajstić information content (AvgIpc) is 3.85. The minimum absolute atomic E-state index is 0.0388. The van der Waals surface area contributed by atoms with Crippen molar-refractivity contribution in [1.82, 2.24) is 29.7 Å². The van der Waals surface area contributed by atoms with Gasteiger partial charge in [-0.25, -0.2) is 9.97 Å². The fourth-order valence-electron chi connectivity index (χ4n) is 9.38. The van der Waals surface area contributed by atoms with Gasteiger partial charge in [-0.3, -0.25) is 48.3 Å². The van der Waals surface area contributed by atoms with Crippen LogP contribution in [-0.4, -0.2) is 72.4 Å². The molecule has 1 atom stereocenters. The van der Waals surface area contributed by atoms with Crippen LogP contribution >= 0.6 is 0 Å². The van der Waals surface area contributed by atoms with E-state index in [4.69, 9.17) is 5.73 Å². The normalized spacial score (nSPS) is 20.1. The van der Waals surface area contributed by atoms with Gasteiger partial charge in [-0.05, 0) is 100.0 Å². The summed E-state index contributed by atoms with van der Waals surface area (Å²) in [5.41, 5.74) is 7.54. The van der Waals surface area contributed by atoms with Crippen molar-refractivity contribution in [3.05, 3.63) is 69.4 Å². The number of nitrogens with zero attached hydrogens (tertiary/aromatic N) is 5. The number of nitrogen functional groups attached to an aromatic ring is 1. The second-order valence-electron chi connectivity index (χ2n) is 16.6. The minimum Gasteiger partial charge on any atom is -0.384 e. The van der Waals surface area contributed by atoms with Gasteiger partial charge < -0.3 is 21.3 Å². The van der Waals surface area contributed by atoms with E-state index < -0.39 is 35.3 Å². The van der Waals surface area contributed by atoms with E-state index in [-0.39, 0.29) is 47.2 Å². The first-order chi connectivity index (χ1) is 27.9. The van der Waals surface area contributed by atoms with Crippen molar-refractivity contribution >= 4 is 58.5 Å². The lowest BCUT2D eigenvalue weighted by Gasteiger charge is -2.45. The highest BCUT2D eigenvalue weighted by Crippen LogP contribution is 2.60. The molecule has 16 heteroatoms. The molecule has 2 aliphatic carbocycles. The predicted molar refractivity (Wildman–Crippen MR) is 213 cm³/mol. The molecule has 3 fully saturated rings. The number of fused-ring (bicyclic) bond motifs is 3. The highest BCUT2D eigenvalue weighted by Gasteiger charge is 2.57. The molecular weight excluding hydrogens is 743 g/mol. The topological polar surface area (TPSA) is 219 Å². The van der Waals surface area contributed by atoms with Gasteiger partial charge in [-0.2, -0.15) is 0 Å². The predicted octanol–water partition coefficient (Wildman–Crippen LogP) is 4.90. The summed E-state index contributed by atoms with van der Waals surface area (Å²) in [6.45, 7) is 2.46. The number of rotatable bonds is 14. The van der Waals surface area contributed by atoms with Crippen LogP contribution in [0, 0.1) is 12.3 Å². The molecule has 304 valence electrons. The molecule has 1 saturated heterocycles. The fraction of sp³-hybridized carbons (Fsp3) is 0.500. The van der Waals surface area contributed by atoms with Gasteiger partial charge in [0.15, 0.2) is 0 Å². The number of imide groups is 2. The number of aromatic nitrogens is 3. The number of hydrogen-bond donors (Lipinski definition) is 4. The molecular formula is C42H49N9O7. The molecule has 3 aromatic rings. The Hall–Kier alpha value is -5.93. The first-order valence-electron chi connectivity index (χ1n) is 20.5. The Morgan fingerprint density at radius 3 is 2.24 bits per heavy atom. The molecule has 5 N–H and O–H groups in total. The smallest absolute Gasteiger partial charge is 0.276 e. The van der Waals surface area contributed by atoms with E-state index in [9.17, 15) is 33.6 Å². The Balaban J connectivity index is 0.800. The zero-order valence-electron chi connectivity index (χ0n) is 32.7. The summed E-state index contributed by atoms with van der Waals surface area (Å²) in [6.07, 6.45) is 14.0. The van der Waals surface area contributed by atoms with E-state index >= 15 is 0 Å². The number of aryl methyl sites for hydroxylation is 1. The second-order valence-corrected chi connectivity index (χ2v) is 16.6. The van der Waals surface area contributed by atoms with Crippen molar-refractivity contribution in [2.24, 2.45) is 5.41 Å². The van der Waals surface area contributed by atoms with Gasteiger partial charge >= 0.3 is 0 Å². The van der Waals surface area contributed by atoms with Crippen molar-refractivity contribution < 1.29 is 28.8 Å². The molecule has 16 nitrogen and oxygen atoms in total. The maximum atomic E-state index is 14.2. The fourth-order valence-corrected chi connectivity index (χ4v) is 9.38. The van der Waals surface area contributed by atoms with Crippen LogP contribution in [0.1, 0.15) is 140 Å². The number of anilines is 4. The second kappa shape index (κ2) is 15.4. The van der Waals surface area contributed by atoms with Crippen molar-refractivity contribution in [2.45, 2.75) is 121 Å². The first kappa shape index (κ1) is 38.9. The maximum Gasteiger partial charge on any atom is 0.276 e. The van der Waals surface area contributed by atoms with E-state index in [1.165, 1.54) is 31.3 Å². The number of pyridine rings is 1. The van der Waals surface area contributed by atoms with Crippen LogP contribution in [0.5, 0.6) is 0 Å². The lowest BCUT2D eigenvalue weighted by Crippen LogP contribution is -2.54. The third-order valence-corrected chi connectivity index (χ3v) is 12.8. The Morgan fingerprint density at radius 1 is 0.845 bits per heavy atom. The van der Waals surface area contributed by atoms with E-state index in [0.29, 0.717) is 47.7 Å². The number of piperidine rings is 1. The monoisotopic (exact) mass is 791 g/mol. The zero-order chi connectivity index (χ0) is 40.8. The molecule has 2 spiro atoms. The van der Waals surface area contributed by atoms with Gasteiger partial charge in [0, 0.05) is 31.1 Å². The number of unbranched alkanes of at least 4 members (excludes halogenated alkanes) is 6. The Labute approximate surface area is 335 Å². The van der Waals surface area contributed by atoms with Gasteiger partial charge in [-0.15, -0.1) is 0 Å². The molecule has 8 rings (SSSR count). The quantitative estimate of drug-likeness (QED) is 0.127. The van der Waals surface area contributed by atoms with Crippen LogP contribution in [0.15, 0.2) is 41.5 Å². The SMILES string of the molecule is Cc1cc(Nc2cc(N)ncn2)c(=O)n2c1C(=O)N(CCCCCCCCCC(=O)Nc1ccc3c(c1)C(=O)N(C1CCC(=O)NC1=O)C3=O)C21CCC2(CC2)CC1. The van der Waals surface area contributed by atoms with Crippen LogP contribution in [0.2, 0.25) is 0 Å².